The van der Waals surface area contributed by atoms with E-state index < -0.39 is 15.6 Å². The van der Waals surface area contributed by atoms with Crippen LogP contribution in [0.4, 0.5) is 10.1 Å². The van der Waals surface area contributed by atoms with Crippen molar-refractivity contribution in [2.75, 3.05) is 50.4 Å². The van der Waals surface area contributed by atoms with E-state index in [4.69, 9.17) is 0 Å². The molecule has 1 heterocycles. The van der Waals surface area contributed by atoms with E-state index >= 15 is 0 Å². The number of aliphatic imine (C=N–C) groups is 1. The van der Waals surface area contributed by atoms with Crippen molar-refractivity contribution in [2.24, 2.45) is 4.99 Å². The largest absolute Gasteiger partial charge is 0.368 e. The van der Waals surface area contributed by atoms with Gasteiger partial charge in [0.15, 0.2) is 5.96 Å². The van der Waals surface area contributed by atoms with Crippen molar-refractivity contribution in [1.82, 2.24) is 14.9 Å². The van der Waals surface area contributed by atoms with Gasteiger partial charge in [-0.3, -0.25) is 4.99 Å². The Bertz CT molecular complexity index is 748. The van der Waals surface area contributed by atoms with Crippen molar-refractivity contribution in [3.63, 3.8) is 0 Å². The van der Waals surface area contributed by atoms with Crippen LogP contribution in [0.1, 0.15) is 20.8 Å². The third-order valence-corrected chi connectivity index (χ3v) is 5.12. The molecular formula is C18H31FIN5O2S. The minimum absolute atomic E-state index is 0. The summed E-state index contributed by atoms with van der Waals surface area (Å²) in [6.07, 6.45) is 1.15. The van der Waals surface area contributed by atoms with Gasteiger partial charge in [0.1, 0.15) is 5.82 Å². The molecule has 1 fully saturated rings. The monoisotopic (exact) mass is 527 g/mol. The Morgan fingerprint density at radius 3 is 2.25 bits per heavy atom. The standard InChI is InChI=1S/C18H30FN5O2S.HI/c1-5-20-17(21-14-18(2,3)22-27(4,25)26)24-12-10-23(11-13-24)16-8-6-15(19)7-9-16;/h6-9,22H,5,10-14H2,1-4H3,(H,20,21);1H. The van der Waals surface area contributed by atoms with Crippen LogP contribution in [-0.2, 0) is 10.0 Å². The molecule has 0 unspecified atom stereocenters. The number of hydrogen-bond donors (Lipinski definition) is 2. The van der Waals surface area contributed by atoms with E-state index in [1.54, 1.807) is 12.1 Å². The molecule has 1 saturated heterocycles. The molecule has 28 heavy (non-hydrogen) atoms. The van der Waals surface area contributed by atoms with Gasteiger partial charge < -0.3 is 15.1 Å². The summed E-state index contributed by atoms with van der Waals surface area (Å²) in [7, 11) is -3.29. The molecule has 1 aliphatic rings. The van der Waals surface area contributed by atoms with Crippen LogP contribution >= 0.6 is 24.0 Å². The molecule has 0 aliphatic carbocycles. The number of sulfonamides is 1. The number of benzene rings is 1. The van der Waals surface area contributed by atoms with E-state index in [0.29, 0.717) is 6.54 Å². The van der Waals surface area contributed by atoms with Crippen LogP contribution in [0.15, 0.2) is 29.3 Å². The Labute approximate surface area is 184 Å². The number of nitrogens with zero attached hydrogens (tertiary/aromatic N) is 3. The van der Waals surface area contributed by atoms with Crippen molar-refractivity contribution in [1.29, 1.82) is 0 Å². The van der Waals surface area contributed by atoms with E-state index in [2.05, 4.69) is 24.8 Å². The van der Waals surface area contributed by atoms with Crippen molar-refractivity contribution in [3.8, 4) is 0 Å². The lowest BCUT2D eigenvalue weighted by Gasteiger charge is -2.38. The van der Waals surface area contributed by atoms with Gasteiger partial charge in [-0.2, -0.15) is 0 Å². The predicted octanol–water partition coefficient (Wildman–Crippen LogP) is 1.86. The molecule has 160 valence electrons. The van der Waals surface area contributed by atoms with Gasteiger partial charge in [-0.05, 0) is 45.0 Å². The molecule has 0 aromatic heterocycles. The summed E-state index contributed by atoms with van der Waals surface area (Å²) in [5.74, 6) is 0.545. The first-order chi connectivity index (χ1) is 12.6. The molecule has 1 aliphatic heterocycles. The number of anilines is 1. The summed E-state index contributed by atoms with van der Waals surface area (Å²) in [5, 5.41) is 3.28. The fraction of sp³-hybridized carbons (Fsp3) is 0.611. The first kappa shape index (κ1) is 24.9. The van der Waals surface area contributed by atoms with Crippen LogP contribution in [0, 0.1) is 5.82 Å². The first-order valence-corrected chi connectivity index (χ1v) is 11.0. The van der Waals surface area contributed by atoms with Crippen LogP contribution < -0.4 is 14.9 Å². The molecule has 1 aromatic carbocycles. The lowest BCUT2D eigenvalue weighted by molar-refractivity contribution is 0.369. The average molecular weight is 527 g/mol. The normalized spacial score (nSPS) is 16.0. The second-order valence-electron chi connectivity index (χ2n) is 7.38. The van der Waals surface area contributed by atoms with Crippen LogP contribution in [0.3, 0.4) is 0 Å². The van der Waals surface area contributed by atoms with E-state index in [1.807, 2.05) is 20.8 Å². The molecule has 0 saturated carbocycles. The van der Waals surface area contributed by atoms with E-state index in [1.165, 1.54) is 12.1 Å². The van der Waals surface area contributed by atoms with Crippen molar-refractivity contribution in [2.45, 2.75) is 26.3 Å². The molecule has 0 radical (unpaired) electrons. The summed E-state index contributed by atoms with van der Waals surface area (Å²) in [6.45, 7) is 9.87. The summed E-state index contributed by atoms with van der Waals surface area (Å²) in [4.78, 5) is 9.02. The maximum atomic E-state index is 13.1. The maximum absolute atomic E-state index is 13.1. The quantitative estimate of drug-likeness (QED) is 0.336. The van der Waals surface area contributed by atoms with Gasteiger partial charge in [-0.25, -0.2) is 17.5 Å². The Morgan fingerprint density at radius 2 is 1.75 bits per heavy atom. The summed E-state index contributed by atoms with van der Waals surface area (Å²) >= 11 is 0. The van der Waals surface area contributed by atoms with Gasteiger partial charge >= 0.3 is 0 Å². The fourth-order valence-corrected chi connectivity index (χ4v) is 4.13. The van der Waals surface area contributed by atoms with Crippen molar-refractivity contribution >= 4 is 45.6 Å². The van der Waals surface area contributed by atoms with Crippen LogP contribution in [0.2, 0.25) is 0 Å². The average Bonchev–Trinajstić information content (AvgIpc) is 2.57. The fourth-order valence-electron chi connectivity index (χ4n) is 3.06. The Hall–Kier alpha value is -1.14. The molecule has 1 aromatic rings. The second kappa shape index (κ2) is 10.6. The smallest absolute Gasteiger partial charge is 0.209 e. The second-order valence-corrected chi connectivity index (χ2v) is 9.13. The Kier molecular flexibility index (Phi) is 9.41. The predicted molar refractivity (Wildman–Crippen MR) is 124 cm³/mol. The molecular weight excluding hydrogens is 496 g/mol. The number of guanidine groups is 1. The van der Waals surface area contributed by atoms with Crippen LogP contribution in [-0.4, -0.2) is 70.3 Å². The summed E-state index contributed by atoms with van der Waals surface area (Å²) in [5.41, 5.74) is 0.348. The number of nitrogens with one attached hydrogen (secondary N) is 2. The highest BCUT2D eigenvalue weighted by molar-refractivity contribution is 14.0. The van der Waals surface area contributed by atoms with Crippen LogP contribution in [0.5, 0.6) is 0 Å². The van der Waals surface area contributed by atoms with Gasteiger partial charge in [0.2, 0.25) is 10.0 Å². The van der Waals surface area contributed by atoms with E-state index in [0.717, 1.165) is 50.6 Å². The minimum Gasteiger partial charge on any atom is -0.368 e. The highest BCUT2D eigenvalue weighted by Gasteiger charge is 2.24. The van der Waals surface area contributed by atoms with Crippen molar-refractivity contribution in [3.05, 3.63) is 30.1 Å². The third kappa shape index (κ3) is 8.08. The van der Waals surface area contributed by atoms with Gasteiger partial charge in [0.05, 0.1) is 12.8 Å². The lowest BCUT2D eigenvalue weighted by Crippen LogP contribution is -2.53. The zero-order valence-corrected chi connectivity index (χ0v) is 20.1. The third-order valence-electron chi connectivity index (χ3n) is 4.19. The van der Waals surface area contributed by atoms with Crippen molar-refractivity contribution < 1.29 is 12.8 Å². The Balaban J connectivity index is 0.00000392. The molecule has 0 spiro atoms. The highest BCUT2D eigenvalue weighted by atomic mass is 127. The number of rotatable bonds is 6. The molecule has 0 atom stereocenters. The molecule has 2 rings (SSSR count). The molecule has 0 amide bonds. The summed E-state index contributed by atoms with van der Waals surface area (Å²) < 4.78 is 38.7. The maximum Gasteiger partial charge on any atom is 0.209 e. The van der Waals surface area contributed by atoms with E-state index in [9.17, 15) is 12.8 Å². The number of halogens is 2. The molecule has 0 bridgehead atoms. The van der Waals surface area contributed by atoms with Gasteiger partial charge in [-0.1, -0.05) is 0 Å². The molecule has 7 nitrogen and oxygen atoms in total. The van der Waals surface area contributed by atoms with Crippen LogP contribution in [0.25, 0.3) is 0 Å². The lowest BCUT2D eigenvalue weighted by atomic mass is 10.1. The van der Waals surface area contributed by atoms with Gasteiger partial charge in [-0.15, -0.1) is 24.0 Å². The van der Waals surface area contributed by atoms with E-state index in [-0.39, 0.29) is 29.8 Å². The summed E-state index contributed by atoms with van der Waals surface area (Å²) in [6, 6.07) is 6.54. The zero-order chi connectivity index (χ0) is 20.1. The Morgan fingerprint density at radius 1 is 1.18 bits per heavy atom. The van der Waals surface area contributed by atoms with Gasteiger partial charge in [0, 0.05) is 44.0 Å². The molecule has 2 N–H and O–H groups in total. The number of hydrogen-bond acceptors (Lipinski definition) is 4. The minimum atomic E-state index is -3.29. The highest BCUT2D eigenvalue weighted by Crippen LogP contribution is 2.17. The number of piperazine rings is 1. The van der Waals surface area contributed by atoms with Gasteiger partial charge in [0.25, 0.3) is 0 Å². The first-order valence-electron chi connectivity index (χ1n) is 9.12. The topological polar surface area (TPSA) is 77.0 Å². The molecule has 10 heteroatoms. The SMILES string of the molecule is CCNC(=NCC(C)(C)NS(C)(=O)=O)N1CCN(c2ccc(F)cc2)CC1.I. The zero-order valence-electron chi connectivity index (χ0n) is 16.9.